The van der Waals surface area contributed by atoms with Crippen molar-refractivity contribution in [3.05, 3.63) is 0 Å². The van der Waals surface area contributed by atoms with Crippen LogP contribution in [0.1, 0.15) is 87.5 Å². The second kappa shape index (κ2) is 8.44. The SMILES string of the molecule is CC(O)C(C)(C)C(=O)N(C1CCC(C)(C)CC1)C1CCN(C(=O)OC(C)(C)C)C1. The van der Waals surface area contributed by atoms with Gasteiger partial charge in [-0.25, -0.2) is 4.79 Å². The normalized spacial score (nSPS) is 24.3. The summed E-state index contributed by atoms with van der Waals surface area (Å²) in [6, 6.07) is 0.136. The van der Waals surface area contributed by atoms with Crippen LogP contribution in [0.25, 0.3) is 0 Å². The standard InChI is InChI=1S/C23H42N2O4/c1-16(26)23(7,8)19(27)25(17-9-12-22(5,6)13-10-17)18-11-14-24(15-18)20(28)29-21(2,3)4/h16-18,26H,9-15H2,1-8H3. The molecule has 6 heteroatoms. The molecular weight excluding hydrogens is 368 g/mol. The van der Waals surface area contributed by atoms with Gasteiger partial charge in [0.25, 0.3) is 0 Å². The van der Waals surface area contributed by atoms with E-state index in [-0.39, 0.29) is 24.1 Å². The number of nitrogens with zero attached hydrogens (tertiary/aromatic N) is 2. The minimum atomic E-state index is -0.855. The van der Waals surface area contributed by atoms with Crippen molar-refractivity contribution in [2.75, 3.05) is 13.1 Å². The Morgan fingerprint density at radius 3 is 2.10 bits per heavy atom. The van der Waals surface area contributed by atoms with Gasteiger partial charge >= 0.3 is 6.09 Å². The summed E-state index contributed by atoms with van der Waals surface area (Å²) in [5, 5.41) is 10.3. The van der Waals surface area contributed by atoms with Gasteiger partial charge in [-0.05, 0) is 79.1 Å². The number of carbonyl (C=O) groups excluding carboxylic acids is 2. The molecule has 2 amide bonds. The number of likely N-dealkylation sites (tertiary alicyclic amines) is 1. The van der Waals surface area contributed by atoms with Crippen LogP contribution in [0.2, 0.25) is 0 Å². The summed E-state index contributed by atoms with van der Waals surface area (Å²) in [7, 11) is 0. The molecule has 1 heterocycles. The van der Waals surface area contributed by atoms with Gasteiger partial charge in [-0.15, -0.1) is 0 Å². The van der Waals surface area contributed by atoms with Gasteiger partial charge in [0.2, 0.25) is 5.91 Å². The highest BCUT2D eigenvalue weighted by Crippen LogP contribution is 2.40. The van der Waals surface area contributed by atoms with Crippen molar-refractivity contribution < 1.29 is 19.4 Å². The quantitative estimate of drug-likeness (QED) is 0.754. The molecule has 6 nitrogen and oxygen atoms in total. The molecule has 0 aromatic rings. The van der Waals surface area contributed by atoms with Crippen LogP contribution < -0.4 is 0 Å². The minimum Gasteiger partial charge on any atom is -0.444 e. The molecule has 1 N–H and O–H groups in total. The smallest absolute Gasteiger partial charge is 0.410 e. The number of carbonyl (C=O) groups is 2. The Balaban J connectivity index is 2.20. The Morgan fingerprint density at radius 2 is 1.62 bits per heavy atom. The summed E-state index contributed by atoms with van der Waals surface area (Å²) in [6.07, 6.45) is 3.81. The van der Waals surface area contributed by atoms with Gasteiger partial charge in [0.05, 0.1) is 17.6 Å². The lowest BCUT2D eigenvalue weighted by Crippen LogP contribution is -2.56. The van der Waals surface area contributed by atoms with E-state index >= 15 is 0 Å². The molecule has 1 saturated carbocycles. The maximum Gasteiger partial charge on any atom is 0.410 e. The number of amides is 2. The summed E-state index contributed by atoms with van der Waals surface area (Å²) in [5.41, 5.74) is -1.08. The number of hydrogen-bond donors (Lipinski definition) is 1. The fraction of sp³-hybridized carbons (Fsp3) is 0.913. The highest BCUT2D eigenvalue weighted by Gasteiger charge is 2.45. The van der Waals surface area contributed by atoms with Gasteiger partial charge in [-0.2, -0.15) is 0 Å². The lowest BCUT2D eigenvalue weighted by Gasteiger charge is -2.46. The van der Waals surface area contributed by atoms with Crippen molar-refractivity contribution in [1.29, 1.82) is 0 Å². The van der Waals surface area contributed by atoms with Crippen LogP contribution in [0.4, 0.5) is 4.79 Å². The first-order valence-electron chi connectivity index (χ1n) is 11.1. The van der Waals surface area contributed by atoms with Crippen molar-refractivity contribution in [3.63, 3.8) is 0 Å². The van der Waals surface area contributed by atoms with E-state index in [0.29, 0.717) is 18.5 Å². The molecule has 0 spiro atoms. The van der Waals surface area contributed by atoms with E-state index in [9.17, 15) is 14.7 Å². The van der Waals surface area contributed by atoms with Crippen molar-refractivity contribution in [3.8, 4) is 0 Å². The third-order valence-corrected chi connectivity index (χ3v) is 6.74. The molecule has 0 aromatic heterocycles. The van der Waals surface area contributed by atoms with Gasteiger partial charge in [0, 0.05) is 19.1 Å². The van der Waals surface area contributed by atoms with Crippen LogP contribution in [0.15, 0.2) is 0 Å². The Hall–Kier alpha value is -1.30. The van der Waals surface area contributed by atoms with E-state index < -0.39 is 17.1 Å². The molecule has 1 aliphatic heterocycles. The maximum absolute atomic E-state index is 13.6. The number of hydrogen-bond acceptors (Lipinski definition) is 4. The topological polar surface area (TPSA) is 70.1 Å². The Kier molecular flexibility index (Phi) is 6.98. The summed E-state index contributed by atoms with van der Waals surface area (Å²) in [6.45, 7) is 16.6. The molecule has 2 aliphatic rings. The molecule has 29 heavy (non-hydrogen) atoms. The van der Waals surface area contributed by atoms with Crippen molar-refractivity contribution in [1.82, 2.24) is 9.80 Å². The van der Waals surface area contributed by atoms with Crippen LogP contribution in [-0.4, -0.2) is 63.8 Å². The zero-order valence-electron chi connectivity index (χ0n) is 19.7. The molecule has 2 fully saturated rings. The molecule has 1 saturated heterocycles. The third-order valence-electron chi connectivity index (χ3n) is 6.74. The van der Waals surface area contributed by atoms with E-state index in [4.69, 9.17) is 4.74 Å². The zero-order chi connectivity index (χ0) is 22.2. The van der Waals surface area contributed by atoms with E-state index in [0.717, 1.165) is 32.1 Å². The first-order valence-corrected chi connectivity index (χ1v) is 11.1. The number of rotatable bonds is 4. The van der Waals surface area contributed by atoms with E-state index in [1.54, 1.807) is 11.8 Å². The van der Waals surface area contributed by atoms with Crippen LogP contribution in [0.3, 0.4) is 0 Å². The van der Waals surface area contributed by atoms with Gasteiger partial charge in [-0.3, -0.25) is 4.79 Å². The summed E-state index contributed by atoms with van der Waals surface area (Å²) >= 11 is 0. The Bertz CT molecular complexity index is 596. The highest BCUT2D eigenvalue weighted by atomic mass is 16.6. The lowest BCUT2D eigenvalue weighted by atomic mass is 9.74. The minimum absolute atomic E-state index is 0.00625. The number of aliphatic hydroxyl groups excluding tert-OH is 1. The van der Waals surface area contributed by atoms with Gasteiger partial charge in [0.1, 0.15) is 5.60 Å². The first-order chi connectivity index (χ1) is 13.1. The van der Waals surface area contributed by atoms with Crippen molar-refractivity contribution >= 4 is 12.0 Å². The zero-order valence-corrected chi connectivity index (χ0v) is 19.7. The summed E-state index contributed by atoms with van der Waals surface area (Å²) in [5.74, 6) is -0.00625. The maximum atomic E-state index is 13.6. The van der Waals surface area contributed by atoms with Crippen LogP contribution in [0.5, 0.6) is 0 Å². The predicted octanol–water partition coefficient (Wildman–Crippen LogP) is 4.20. The Labute approximate surface area is 177 Å². The van der Waals surface area contributed by atoms with Crippen molar-refractivity contribution in [2.45, 2.75) is 111 Å². The molecule has 2 rings (SSSR count). The predicted molar refractivity (Wildman–Crippen MR) is 115 cm³/mol. The average molecular weight is 411 g/mol. The molecule has 0 bridgehead atoms. The molecule has 1 aliphatic carbocycles. The average Bonchev–Trinajstić information content (AvgIpc) is 3.04. The monoisotopic (exact) mass is 410 g/mol. The second-order valence-electron chi connectivity index (χ2n) is 11.4. The highest BCUT2D eigenvalue weighted by molar-refractivity contribution is 5.83. The first kappa shape index (κ1) is 24.0. The number of ether oxygens (including phenoxy) is 1. The van der Waals surface area contributed by atoms with Crippen LogP contribution >= 0.6 is 0 Å². The van der Waals surface area contributed by atoms with Gasteiger partial charge in [-0.1, -0.05) is 13.8 Å². The summed E-state index contributed by atoms with van der Waals surface area (Å²) < 4.78 is 5.53. The largest absolute Gasteiger partial charge is 0.444 e. The second-order valence-corrected chi connectivity index (χ2v) is 11.4. The van der Waals surface area contributed by atoms with E-state index in [1.807, 2.05) is 39.5 Å². The van der Waals surface area contributed by atoms with Crippen LogP contribution in [0, 0.1) is 10.8 Å². The molecule has 2 atom stereocenters. The van der Waals surface area contributed by atoms with Crippen molar-refractivity contribution in [2.24, 2.45) is 10.8 Å². The molecule has 2 unspecified atom stereocenters. The molecule has 0 radical (unpaired) electrons. The summed E-state index contributed by atoms with van der Waals surface area (Å²) in [4.78, 5) is 29.9. The Morgan fingerprint density at radius 1 is 1.07 bits per heavy atom. The van der Waals surface area contributed by atoms with Crippen LogP contribution in [-0.2, 0) is 9.53 Å². The molecular formula is C23H42N2O4. The number of aliphatic hydroxyl groups is 1. The lowest BCUT2D eigenvalue weighted by molar-refractivity contribution is -0.152. The molecule has 0 aromatic carbocycles. The fourth-order valence-electron chi connectivity index (χ4n) is 4.26. The fourth-order valence-corrected chi connectivity index (χ4v) is 4.26. The van der Waals surface area contributed by atoms with Gasteiger partial charge in [0.15, 0.2) is 0 Å². The van der Waals surface area contributed by atoms with E-state index in [2.05, 4.69) is 13.8 Å². The van der Waals surface area contributed by atoms with Gasteiger partial charge < -0.3 is 19.6 Å². The third kappa shape index (κ3) is 5.87. The molecule has 168 valence electrons. The van der Waals surface area contributed by atoms with E-state index in [1.165, 1.54) is 0 Å².